The average molecular weight is 374 g/mol. The van der Waals surface area contributed by atoms with Crippen LogP contribution in [-0.4, -0.2) is 25.5 Å². The van der Waals surface area contributed by atoms with E-state index in [2.05, 4.69) is 20.7 Å². The summed E-state index contributed by atoms with van der Waals surface area (Å²) in [5.41, 5.74) is 0.482. The van der Waals surface area contributed by atoms with Crippen molar-refractivity contribution in [1.29, 1.82) is 0 Å². The zero-order valence-electron chi connectivity index (χ0n) is 11.5. The Morgan fingerprint density at radius 1 is 1.38 bits per heavy atom. The van der Waals surface area contributed by atoms with E-state index < -0.39 is 16.0 Å². The second-order valence-corrected chi connectivity index (χ2v) is 7.55. The molecule has 1 atom stereocenters. The maximum Gasteiger partial charge on any atom is 0.336 e. The minimum absolute atomic E-state index is 0.0201. The van der Waals surface area contributed by atoms with Gasteiger partial charge in [-0.25, -0.2) is 17.9 Å². The number of hydrogen-bond acceptors (Lipinski definition) is 3. The predicted octanol–water partition coefficient (Wildman–Crippen LogP) is 2.84. The first-order chi connectivity index (χ1) is 9.81. The molecule has 0 bridgehead atoms. The third-order valence-electron chi connectivity index (χ3n) is 3.45. The molecule has 0 fully saturated rings. The summed E-state index contributed by atoms with van der Waals surface area (Å²) in [6.07, 6.45) is 6.21. The fourth-order valence-electron chi connectivity index (χ4n) is 2.22. The van der Waals surface area contributed by atoms with Crippen LogP contribution in [0, 0.1) is 6.92 Å². The van der Waals surface area contributed by atoms with Gasteiger partial charge in [-0.05, 0) is 43.9 Å². The minimum atomic E-state index is -3.73. The van der Waals surface area contributed by atoms with Gasteiger partial charge in [0, 0.05) is 10.5 Å². The highest BCUT2D eigenvalue weighted by molar-refractivity contribution is 9.10. The van der Waals surface area contributed by atoms with E-state index in [0.717, 1.165) is 12.8 Å². The van der Waals surface area contributed by atoms with Gasteiger partial charge in [-0.2, -0.15) is 0 Å². The van der Waals surface area contributed by atoms with Crippen LogP contribution in [-0.2, 0) is 10.0 Å². The van der Waals surface area contributed by atoms with Gasteiger partial charge in [0.25, 0.3) is 0 Å². The lowest BCUT2D eigenvalue weighted by molar-refractivity contribution is 0.0695. The van der Waals surface area contributed by atoms with E-state index in [1.807, 2.05) is 12.2 Å². The van der Waals surface area contributed by atoms with Crippen molar-refractivity contribution in [2.45, 2.75) is 37.1 Å². The van der Waals surface area contributed by atoms with E-state index in [9.17, 15) is 13.2 Å². The second kappa shape index (κ2) is 6.29. The van der Waals surface area contributed by atoms with Crippen LogP contribution >= 0.6 is 15.9 Å². The Balaban J connectivity index is 2.35. The summed E-state index contributed by atoms with van der Waals surface area (Å²) in [7, 11) is -3.73. The van der Waals surface area contributed by atoms with E-state index >= 15 is 0 Å². The largest absolute Gasteiger partial charge is 0.478 e. The maximum absolute atomic E-state index is 12.4. The molecule has 2 N–H and O–H groups in total. The SMILES string of the molecule is Cc1c(Br)cc(S(=O)(=O)NC2CC=CCC2)cc1C(=O)O. The number of nitrogens with one attached hydrogen (secondary N) is 1. The van der Waals surface area contributed by atoms with Crippen LogP contribution in [0.3, 0.4) is 0 Å². The Morgan fingerprint density at radius 3 is 2.67 bits per heavy atom. The second-order valence-electron chi connectivity index (χ2n) is 4.99. The zero-order valence-corrected chi connectivity index (χ0v) is 13.9. The van der Waals surface area contributed by atoms with Crippen LogP contribution in [0.1, 0.15) is 35.2 Å². The molecule has 0 amide bonds. The molecular formula is C14H16BrNO4S. The maximum atomic E-state index is 12.4. The topological polar surface area (TPSA) is 83.5 Å². The highest BCUT2D eigenvalue weighted by Crippen LogP contribution is 2.25. The highest BCUT2D eigenvalue weighted by atomic mass is 79.9. The highest BCUT2D eigenvalue weighted by Gasteiger charge is 2.23. The van der Waals surface area contributed by atoms with Gasteiger partial charge in [-0.1, -0.05) is 28.1 Å². The molecule has 0 spiro atoms. The number of carboxylic acid groups (broad SMARTS) is 1. The number of rotatable bonds is 4. The number of sulfonamides is 1. The fraction of sp³-hybridized carbons (Fsp3) is 0.357. The number of benzene rings is 1. The number of halogens is 1. The number of allylic oxidation sites excluding steroid dienone is 1. The van der Waals surface area contributed by atoms with Crippen molar-refractivity contribution < 1.29 is 18.3 Å². The molecule has 21 heavy (non-hydrogen) atoms. The van der Waals surface area contributed by atoms with Gasteiger partial charge in [-0.3, -0.25) is 0 Å². The Hall–Kier alpha value is -1.18. The van der Waals surface area contributed by atoms with Crippen LogP contribution in [0.5, 0.6) is 0 Å². The summed E-state index contributed by atoms with van der Waals surface area (Å²) >= 11 is 3.22. The number of carbonyl (C=O) groups is 1. The Labute approximate surface area is 132 Å². The van der Waals surface area contributed by atoms with Gasteiger partial charge in [-0.15, -0.1) is 0 Å². The molecule has 5 nitrogen and oxygen atoms in total. The van der Waals surface area contributed by atoms with Crippen molar-refractivity contribution >= 4 is 31.9 Å². The zero-order chi connectivity index (χ0) is 15.6. The molecule has 0 aromatic heterocycles. The number of carboxylic acids is 1. The van der Waals surface area contributed by atoms with E-state index in [1.165, 1.54) is 12.1 Å². The lowest BCUT2D eigenvalue weighted by Gasteiger charge is -2.19. The third-order valence-corrected chi connectivity index (χ3v) is 5.77. The van der Waals surface area contributed by atoms with E-state index in [1.54, 1.807) is 6.92 Å². The van der Waals surface area contributed by atoms with Crippen molar-refractivity contribution in [2.24, 2.45) is 0 Å². The molecule has 1 aliphatic rings. The lowest BCUT2D eigenvalue weighted by atomic mass is 10.0. The predicted molar refractivity (Wildman–Crippen MR) is 82.9 cm³/mol. The first kappa shape index (κ1) is 16.2. The molecule has 2 rings (SSSR count). The molecule has 114 valence electrons. The van der Waals surface area contributed by atoms with Crippen LogP contribution < -0.4 is 4.72 Å². The molecule has 0 heterocycles. The van der Waals surface area contributed by atoms with Gasteiger partial charge in [0.2, 0.25) is 10.0 Å². The monoisotopic (exact) mass is 373 g/mol. The summed E-state index contributed by atoms with van der Waals surface area (Å²) in [4.78, 5) is 11.2. The van der Waals surface area contributed by atoms with Gasteiger partial charge in [0.15, 0.2) is 0 Å². The van der Waals surface area contributed by atoms with E-state index in [0.29, 0.717) is 16.5 Å². The smallest absolute Gasteiger partial charge is 0.336 e. The van der Waals surface area contributed by atoms with Crippen molar-refractivity contribution in [2.75, 3.05) is 0 Å². The normalized spacial score (nSPS) is 18.7. The van der Waals surface area contributed by atoms with Crippen LogP contribution in [0.15, 0.2) is 33.7 Å². The Kier molecular flexibility index (Phi) is 4.85. The first-order valence-electron chi connectivity index (χ1n) is 6.52. The molecule has 1 unspecified atom stereocenters. The van der Waals surface area contributed by atoms with E-state index in [-0.39, 0.29) is 16.5 Å². The van der Waals surface area contributed by atoms with Gasteiger partial charge >= 0.3 is 5.97 Å². The molecule has 1 aromatic rings. The average Bonchev–Trinajstić information content (AvgIpc) is 2.41. The molecule has 1 aromatic carbocycles. The summed E-state index contributed by atoms with van der Waals surface area (Å²) in [6, 6.07) is 2.49. The minimum Gasteiger partial charge on any atom is -0.478 e. The lowest BCUT2D eigenvalue weighted by Crippen LogP contribution is -2.35. The first-order valence-corrected chi connectivity index (χ1v) is 8.79. The van der Waals surface area contributed by atoms with Crippen LogP contribution in [0.4, 0.5) is 0 Å². The van der Waals surface area contributed by atoms with Gasteiger partial charge in [0.1, 0.15) is 0 Å². The number of hydrogen-bond donors (Lipinski definition) is 2. The van der Waals surface area contributed by atoms with Crippen molar-refractivity contribution in [3.05, 3.63) is 39.9 Å². The molecule has 1 aliphatic carbocycles. The molecule has 7 heteroatoms. The molecule has 0 saturated heterocycles. The van der Waals surface area contributed by atoms with Gasteiger partial charge in [0.05, 0.1) is 10.5 Å². The summed E-state index contributed by atoms with van der Waals surface area (Å²) in [5, 5.41) is 9.16. The molecule has 0 aliphatic heterocycles. The van der Waals surface area contributed by atoms with Gasteiger partial charge < -0.3 is 5.11 Å². The Morgan fingerprint density at radius 2 is 2.10 bits per heavy atom. The fourth-order valence-corrected chi connectivity index (χ4v) is 4.17. The Bertz CT molecular complexity index is 697. The third kappa shape index (κ3) is 3.72. The summed E-state index contributed by atoms with van der Waals surface area (Å²) < 4.78 is 27.9. The number of aromatic carboxylic acids is 1. The summed E-state index contributed by atoms with van der Waals surface area (Å²) in [5.74, 6) is -1.15. The summed E-state index contributed by atoms with van der Waals surface area (Å²) in [6.45, 7) is 1.63. The van der Waals surface area contributed by atoms with Crippen molar-refractivity contribution in [3.8, 4) is 0 Å². The molecule has 0 saturated carbocycles. The van der Waals surface area contributed by atoms with Crippen molar-refractivity contribution in [3.63, 3.8) is 0 Å². The van der Waals surface area contributed by atoms with Crippen LogP contribution in [0.25, 0.3) is 0 Å². The standard InChI is InChI=1S/C14H16BrNO4S/c1-9-12(14(17)18)7-11(8-13(9)15)21(19,20)16-10-5-3-2-4-6-10/h2-3,7-8,10,16H,4-6H2,1H3,(H,17,18). The van der Waals surface area contributed by atoms with Crippen LogP contribution in [0.2, 0.25) is 0 Å². The van der Waals surface area contributed by atoms with Crippen molar-refractivity contribution in [1.82, 2.24) is 4.72 Å². The molecule has 0 radical (unpaired) electrons. The molecular weight excluding hydrogens is 358 g/mol. The quantitative estimate of drug-likeness (QED) is 0.794. The van der Waals surface area contributed by atoms with E-state index in [4.69, 9.17) is 5.11 Å².